The van der Waals surface area contributed by atoms with Gasteiger partial charge in [-0.3, -0.25) is 9.59 Å². The van der Waals surface area contributed by atoms with Crippen molar-refractivity contribution in [3.63, 3.8) is 0 Å². The molecule has 2 atom stereocenters. The third-order valence-corrected chi connectivity index (χ3v) is 7.90. The Morgan fingerprint density at radius 1 is 1.03 bits per heavy atom. The lowest BCUT2D eigenvalue weighted by atomic mass is 9.76. The summed E-state index contributed by atoms with van der Waals surface area (Å²) in [6.07, 6.45) is 0. The van der Waals surface area contributed by atoms with Crippen LogP contribution in [0.1, 0.15) is 35.2 Å². The Labute approximate surface area is 214 Å². The van der Waals surface area contributed by atoms with Crippen molar-refractivity contribution in [1.29, 1.82) is 0 Å². The van der Waals surface area contributed by atoms with E-state index in [9.17, 15) is 9.59 Å². The smallest absolute Gasteiger partial charge is 0.255 e. The summed E-state index contributed by atoms with van der Waals surface area (Å²) in [5.74, 6) is 0.438. The highest BCUT2D eigenvalue weighted by molar-refractivity contribution is 6.30. The summed E-state index contributed by atoms with van der Waals surface area (Å²) in [7, 11) is 1.61. The first-order valence-electron chi connectivity index (χ1n) is 12.0. The van der Waals surface area contributed by atoms with Crippen LogP contribution in [0.4, 0.5) is 0 Å². The lowest BCUT2D eigenvalue weighted by Crippen LogP contribution is -2.67. The molecule has 0 bridgehead atoms. The first-order valence-corrected chi connectivity index (χ1v) is 12.4. The van der Waals surface area contributed by atoms with E-state index in [1.54, 1.807) is 16.9 Å². The summed E-state index contributed by atoms with van der Waals surface area (Å²) >= 11 is 6.17. The zero-order valence-corrected chi connectivity index (χ0v) is 20.9. The summed E-state index contributed by atoms with van der Waals surface area (Å²) in [5, 5.41) is 1.73. The highest BCUT2D eigenvalue weighted by atomic mass is 35.5. The number of carbonyl (C=O) groups is 2. The SMILES string of the molecule is COc1ccccc1CN1CC(=O)N2C[C@@H](c3ccc(Cl)cc3)c3c([nH]c4ccccc34)[C@@]2(C)C1=O. The first kappa shape index (κ1) is 22.7. The van der Waals surface area contributed by atoms with E-state index in [1.165, 1.54) is 0 Å². The van der Waals surface area contributed by atoms with Gasteiger partial charge in [0.2, 0.25) is 5.91 Å². The maximum Gasteiger partial charge on any atom is 0.255 e. The van der Waals surface area contributed by atoms with E-state index in [4.69, 9.17) is 16.3 Å². The summed E-state index contributed by atoms with van der Waals surface area (Å²) < 4.78 is 5.50. The molecule has 0 unspecified atom stereocenters. The van der Waals surface area contributed by atoms with Crippen LogP contribution in [0.5, 0.6) is 5.75 Å². The molecule has 1 saturated heterocycles. The number of aromatic amines is 1. The van der Waals surface area contributed by atoms with E-state index < -0.39 is 5.54 Å². The van der Waals surface area contributed by atoms with Crippen molar-refractivity contribution >= 4 is 34.3 Å². The number of carbonyl (C=O) groups excluding carboxylic acids is 2. The van der Waals surface area contributed by atoms with Crippen LogP contribution in [0.2, 0.25) is 5.02 Å². The Morgan fingerprint density at radius 3 is 2.53 bits per heavy atom. The van der Waals surface area contributed by atoms with Gasteiger partial charge in [0, 0.05) is 40.5 Å². The van der Waals surface area contributed by atoms with Gasteiger partial charge < -0.3 is 19.5 Å². The Balaban J connectivity index is 1.49. The van der Waals surface area contributed by atoms with Gasteiger partial charge in [-0.2, -0.15) is 0 Å². The van der Waals surface area contributed by atoms with Crippen LogP contribution >= 0.6 is 11.6 Å². The van der Waals surface area contributed by atoms with Crippen LogP contribution < -0.4 is 4.74 Å². The van der Waals surface area contributed by atoms with E-state index in [0.29, 0.717) is 23.9 Å². The van der Waals surface area contributed by atoms with Gasteiger partial charge in [0.05, 0.1) is 12.8 Å². The number of hydrogen-bond donors (Lipinski definition) is 1. The maximum atomic E-state index is 14.2. The minimum Gasteiger partial charge on any atom is -0.496 e. The minimum atomic E-state index is -1.14. The second-order valence-corrected chi connectivity index (χ2v) is 10.0. The normalized spacial score (nSPS) is 21.5. The molecule has 3 aromatic carbocycles. The van der Waals surface area contributed by atoms with Crippen molar-refractivity contribution in [2.75, 3.05) is 20.2 Å². The van der Waals surface area contributed by atoms with E-state index >= 15 is 0 Å². The Morgan fingerprint density at radius 2 is 1.75 bits per heavy atom. The predicted octanol–water partition coefficient (Wildman–Crippen LogP) is 5.06. The number of amides is 2. The molecule has 1 fully saturated rings. The number of nitrogens with zero attached hydrogens (tertiary/aromatic N) is 2. The molecule has 2 aliphatic heterocycles. The number of fused-ring (bicyclic) bond motifs is 5. The lowest BCUT2D eigenvalue weighted by Gasteiger charge is -2.51. The number of methoxy groups -OCH3 is 1. The Bertz CT molecular complexity index is 1500. The van der Waals surface area contributed by atoms with Gasteiger partial charge in [-0.15, -0.1) is 0 Å². The molecule has 0 aliphatic carbocycles. The molecule has 0 spiro atoms. The molecular weight excluding hydrogens is 474 g/mol. The Hall–Kier alpha value is -3.77. The van der Waals surface area contributed by atoms with Gasteiger partial charge in [-0.25, -0.2) is 0 Å². The molecule has 6 nitrogen and oxygen atoms in total. The number of benzene rings is 3. The van der Waals surface area contributed by atoms with Crippen LogP contribution in [-0.2, 0) is 21.7 Å². The number of para-hydroxylation sites is 2. The number of H-pyrrole nitrogens is 1. The highest BCUT2D eigenvalue weighted by Gasteiger charge is 2.56. The summed E-state index contributed by atoms with van der Waals surface area (Å²) in [6, 6.07) is 23.4. The molecule has 7 heteroatoms. The average molecular weight is 500 g/mol. The third kappa shape index (κ3) is 3.32. The summed E-state index contributed by atoms with van der Waals surface area (Å²) in [5.41, 5.74) is 3.57. The van der Waals surface area contributed by atoms with Crippen molar-refractivity contribution in [2.45, 2.75) is 24.9 Å². The molecule has 3 heterocycles. The van der Waals surface area contributed by atoms with Crippen LogP contribution in [0.15, 0.2) is 72.8 Å². The zero-order chi connectivity index (χ0) is 25.0. The average Bonchev–Trinajstić information content (AvgIpc) is 3.29. The fourth-order valence-electron chi connectivity index (χ4n) is 5.84. The van der Waals surface area contributed by atoms with E-state index in [2.05, 4.69) is 11.1 Å². The van der Waals surface area contributed by atoms with Crippen LogP contribution in [0, 0.1) is 0 Å². The van der Waals surface area contributed by atoms with Crippen molar-refractivity contribution in [1.82, 2.24) is 14.8 Å². The number of ether oxygens (including phenoxy) is 1. The fraction of sp³-hybridized carbons (Fsp3) is 0.241. The molecule has 2 aliphatic rings. The lowest BCUT2D eigenvalue weighted by molar-refractivity contribution is -0.166. The standard InChI is InChI=1S/C29H26ClN3O3/c1-29-27-26(21-8-4-5-9-23(21)31-27)22(18-11-13-20(30)14-12-18)16-33(29)25(34)17-32(28(29)35)15-19-7-3-6-10-24(19)36-2/h3-14,22,31H,15-17H2,1-2H3/t22-,29-/m0/s1. The largest absolute Gasteiger partial charge is 0.496 e. The number of hydrogen-bond acceptors (Lipinski definition) is 3. The molecule has 1 N–H and O–H groups in total. The van der Waals surface area contributed by atoms with Crippen molar-refractivity contribution < 1.29 is 14.3 Å². The number of rotatable bonds is 4. The van der Waals surface area contributed by atoms with Gasteiger partial charge in [0.25, 0.3) is 5.91 Å². The number of halogens is 1. The number of piperazine rings is 1. The maximum absolute atomic E-state index is 14.2. The summed E-state index contributed by atoms with van der Waals surface area (Å²) in [6.45, 7) is 2.61. The van der Waals surface area contributed by atoms with Crippen molar-refractivity contribution in [2.24, 2.45) is 0 Å². The molecule has 0 radical (unpaired) electrons. The third-order valence-electron chi connectivity index (χ3n) is 7.64. The molecule has 182 valence electrons. The second kappa shape index (κ2) is 8.42. The van der Waals surface area contributed by atoms with Crippen LogP contribution in [0.3, 0.4) is 0 Å². The number of aromatic nitrogens is 1. The number of nitrogens with one attached hydrogen (secondary N) is 1. The van der Waals surface area contributed by atoms with Crippen LogP contribution in [0.25, 0.3) is 10.9 Å². The van der Waals surface area contributed by atoms with Crippen LogP contribution in [-0.4, -0.2) is 46.8 Å². The molecule has 0 saturated carbocycles. The van der Waals surface area contributed by atoms with E-state index in [-0.39, 0.29) is 24.3 Å². The highest BCUT2D eigenvalue weighted by Crippen LogP contribution is 2.48. The molecule has 4 aromatic rings. The zero-order valence-electron chi connectivity index (χ0n) is 20.1. The molecular formula is C29H26ClN3O3. The quantitative estimate of drug-likeness (QED) is 0.427. The summed E-state index contributed by atoms with van der Waals surface area (Å²) in [4.78, 5) is 34.8. The predicted molar refractivity (Wildman–Crippen MR) is 139 cm³/mol. The van der Waals surface area contributed by atoms with Gasteiger partial charge in [-0.1, -0.05) is 60.1 Å². The molecule has 36 heavy (non-hydrogen) atoms. The topological polar surface area (TPSA) is 65.6 Å². The fourth-order valence-corrected chi connectivity index (χ4v) is 5.96. The Kier molecular flexibility index (Phi) is 5.30. The molecule has 6 rings (SSSR count). The second-order valence-electron chi connectivity index (χ2n) is 9.61. The van der Waals surface area contributed by atoms with E-state index in [1.807, 2.05) is 73.7 Å². The molecule has 2 amide bonds. The minimum absolute atomic E-state index is 0.0232. The van der Waals surface area contributed by atoms with Gasteiger partial charge in [0.1, 0.15) is 12.3 Å². The van der Waals surface area contributed by atoms with Gasteiger partial charge in [0.15, 0.2) is 5.54 Å². The molecule has 1 aromatic heterocycles. The van der Waals surface area contributed by atoms with Crippen molar-refractivity contribution in [3.8, 4) is 5.75 Å². The van der Waals surface area contributed by atoms with Gasteiger partial charge >= 0.3 is 0 Å². The monoisotopic (exact) mass is 499 g/mol. The van der Waals surface area contributed by atoms with Gasteiger partial charge in [-0.05, 0) is 42.3 Å². The van der Waals surface area contributed by atoms with Crippen molar-refractivity contribution in [3.05, 3.63) is 100 Å². The van der Waals surface area contributed by atoms with E-state index in [0.717, 1.165) is 33.3 Å². The first-order chi connectivity index (χ1) is 17.4.